The molecule has 0 fully saturated rings. The van der Waals surface area contributed by atoms with E-state index in [0.29, 0.717) is 16.5 Å². The van der Waals surface area contributed by atoms with Crippen molar-refractivity contribution in [1.29, 1.82) is 0 Å². The summed E-state index contributed by atoms with van der Waals surface area (Å²) in [6.07, 6.45) is 3.30. The predicted octanol–water partition coefficient (Wildman–Crippen LogP) is 2.78. The molecule has 1 atom stereocenters. The molecule has 0 unspecified atom stereocenters. The van der Waals surface area contributed by atoms with E-state index in [-0.39, 0.29) is 11.9 Å². The molecule has 6 nitrogen and oxygen atoms in total. The number of hydrogen-bond acceptors (Lipinski definition) is 3. The van der Waals surface area contributed by atoms with Crippen LogP contribution in [0.3, 0.4) is 0 Å². The fourth-order valence-corrected chi connectivity index (χ4v) is 2.43. The van der Waals surface area contributed by atoms with Crippen molar-refractivity contribution in [2.75, 3.05) is 7.05 Å². The van der Waals surface area contributed by atoms with Gasteiger partial charge >= 0.3 is 0 Å². The van der Waals surface area contributed by atoms with Crippen LogP contribution >= 0.6 is 11.6 Å². The second-order valence-corrected chi connectivity index (χ2v) is 5.74. The summed E-state index contributed by atoms with van der Waals surface area (Å²) >= 11 is 5.98. The third kappa shape index (κ3) is 2.57. The standard InChI is InChI=1S/C15H16ClN5O/c1-9(21(3)15(22)13-7-20(2)8-17-13)14-18-11-5-4-10(16)6-12(11)19-14/h4-9H,1-3H3,(H,18,19)/t9-/m0/s1. The molecule has 2 heterocycles. The van der Waals surface area contributed by atoms with E-state index >= 15 is 0 Å². The lowest BCUT2D eigenvalue weighted by Gasteiger charge is -2.22. The van der Waals surface area contributed by atoms with Crippen LogP contribution in [0.25, 0.3) is 11.0 Å². The van der Waals surface area contributed by atoms with Crippen LogP contribution in [0.4, 0.5) is 0 Å². The van der Waals surface area contributed by atoms with Gasteiger partial charge in [0.15, 0.2) is 0 Å². The van der Waals surface area contributed by atoms with Gasteiger partial charge in [-0.05, 0) is 25.1 Å². The Hall–Kier alpha value is -2.34. The quantitative estimate of drug-likeness (QED) is 0.807. The zero-order valence-electron chi connectivity index (χ0n) is 12.5. The number of aromatic nitrogens is 4. The number of nitrogens with one attached hydrogen (secondary N) is 1. The molecule has 0 saturated carbocycles. The van der Waals surface area contributed by atoms with E-state index in [1.807, 2.05) is 26.1 Å². The summed E-state index contributed by atoms with van der Waals surface area (Å²) in [5.74, 6) is 0.565. The molecule has 0 aliphatic carbocycles. The number of carbonyl (C=O) groups excluding carboxylic acids is 1. The number of benzene rings is 1. The van der Waals surface area contributed by atoms with Gasteiger partial charge in [0.05, 0.1) is 23.4 Å². The number of aromatic amines is 1. The summed E-state index contributed by atoms with van der Waals surface area (Å²) in [4.78, 5) is 25.9. The third-order valence-corrected chi connectivity index (χ3v) is 3.92. The molecule has 1 aromatic carbocycles. The first kappa shape index (κ1) is 14.6. The largest absolute Gasteiger partial charge is 0.340 e. The van der Waals surface area contributed by atoms with Crippen molar-refractivity contribution < 1.29 is 4.79 Å². The minimum Gasteiger partial charge on any atom is -0.340 e. The Labute approximate surface area is 132 Å². The van der Waals surface area contributed by atoms with E-state index in [0.717, 1.165) is 11.0 Å². The molecular weight excluding hydrogens is 302 g/mol. The van der Waals surface area contributed by atoms with Crippen LogP contribution in [0.5, 0.6) is 0 Å². The number of halogens is 1. The van der Waals surface area contributed by atoms with E-state index in [4.69, 9.17) is 11.6 Å². The number of fused-ring (bicyclic) bond motifs is 1. The number of H-pyrrole nitrogens is 1. The van der Waals surface area contributed by atoms with Crippen molar-refractivity contribution in [2.45, 2.75) is 13.0 Å². The Bertz CT molecular complexity index is 837. The molecule has 1 N–H and O–H groups in total. The summed E-state index contributed by atoms with van der Waals surface area (Å²) in [6.45, 7) is 1.92. The van der Waals surface area contributed by atoms with E-state index in [2.05, 4.69) is 15.0 Å². The predicted molar refractivity (Wildman–Crippen MR) is 84.8 cm³/mol. The Morgan fingerprint density at radius 2 is 2.23 bits per heavy atom. The summed E-state index contributed by atoms with van der Waals surface area (Å²) < 4.78 is 1.74. The monoisotopic (exact) mass is 317 g/mol. The van der Waals surface area contributed by atoms with Gasteiger partial charge in [0.1, 0.15) is 11.5 Å². The SMILES string of the molecule is C[C@@H](c1nc2ccc(Cl)cc2[nH]1)N(C)C(=O)c1cn(C)cn1. The molecule has 7 heteroatoms. The first-order valence-electron chi connectivity index (χ1n) is 6.86. The van der Waals surface area contributed by atoms with Gasteiger partial charge in [0, 0.05) is 25.3 Å². The highest BCUT2D eigenvalue weighted by Crippen LogP contribution is 2.23. The highest BCUT2D eigenvalue weighted by molar-refractivity contribution is 6.31. The molecule has 0 spiro atoms. The maximum Gasteiger partial charge on any atom is 0.274 e. The third-order valence-electron chi connectivity index (χ3n) is 3.68. The zero-order chi connectivity index (χ0) is 15.9. The molecular formula is C15H16ClN5O. The summed E-state index contributed by atoms with van der Waals surface area (Å²) in [6, 6.07) is 5.26. The fourth-order valence-electron chi connectivity index (χ4n) is 2.26. The van der Waals surface area contributed by atoms with Crippen molar-refractivity contribution >= 4 is 28.5 Å². The number of amides is 1. The van der Waals surface area contributed by atoms with E-state index < -0.39 is 0 Å². The second kappa shape index (κ2) is 5.46. The van der Waals surface area contributed by atoms with Crippen molar-refractivity contribution in [3.63, 3.8) is 0 Å². The van der Waals surface area contributed by atoms with Gasteiger partial charge in [-0.3, -0.25) is 4.79 Å². The lowest BCUT2D eigenvalue weighted by atomic mass is 10.2. The number of nitrogens with zero attached hydrogens (tertiary/aromatic N) is 4. The fraction of sp³-hybridized carbons (Fsp3) is 0.267. The molecule has 0 aliphatic rings. The Kier molecular flexibility index (Phi) is 3.62. The highest BCUT2D eigenvalue weighted by Gasteiger charge is 2.23. The summed E-state index contributed by atoms with van der Waals surface area (Å²) in [5, 5.41) is 0.647. The first-order chi connectivity index (χ1) is 10.5. The normalized spacial score (nSPS) is 12.5. The molecule has 0 aliphatic heterocycles. The highest BCUT2D eigenvalue weighted by atomic mass is 35.5. The van der Waals surface area contributed by atoms with Crippen LogP contribution in [0, 0.1) is 0 Å². The van der Waals surface area contributed by atoms with Crippen molar-refractivity contribution in [3.05, 3.63) is 47.3 Å². The lowest BCUT2D eigenvalue weighted by Crippen LogP contribution is -2.30. The maximum absolute atomic E-state index is 12.4. The number of carbonyl (C=O) groups is 1. The smallest absolute Gasteiger partial charge is 0.274 e. The molecule has 1 amide bonds. The topological polar surface area (TPSA) is 66.8 Å². The zero-order valence-corrected chi connectivity index (χ0v) is 13.3. The average Bonchev–Trinajstić information content (AvgIpc) is 3.10. The van der Waals surface area contributed by atoms with Gasteiger partial charge in [-0.1, -0.05) is 11.6 Å². The van der Waals surface area contributed by atoms with Gasteiger partial charge in [0.25, 0.3) is 5.91 Å². The van der Waals surface area contributed by atoms with Gasteiger partial charge in [0.2, 0.25) is 0 Å². The molecule has 2 aromatic heterocycles. The molecule has 0 bridgehead atoms. The van der Waals surface area contributed by atoms with Gasteiger partial charge in [-0.25, -0.2) is 9.97 Å². The summed E-state index contributed by atoms with van der Waals surface area (Å²) in [7, 11) is 3.57. The van der Waals surface area contributed by atoms with Gasteiger partial charge in [-0.15, -0.1) is 0 Å². The number of aryl methyl sites for hydroxylation is 1. The molecule has 0 saturated heterocycles. The number of rotatable bonds is 3. The van der Waals surface area contributed by atoms with Crippen LogP contribution in [0.15, 0.2) is 30.7 Å². The average molecular weight is 318 g/mol. The van der Waals surface area contributed by atoms with Crippen LogP contribution in [-0.2, 0) is 7.05 Å². The van der Waals surface area contributed by atoms with Crippen LogP contribution < -0.4 is 0 Å². The molecule has 114 valence electrons. The van der Waals surface area contributed by atoms with Crippen molar-refractivity contribution in [2.24, 2.45) is 7.05 Å². The van der Waals surface area contributed by atoms with E-state index in [1.165, 1.54) is 0 Å². The van der Waals surface area contributed by atoms with Gasteiger partial charge in [-0.2, -0.15) is 0 Å². The minimum atomic E-state index is -0.208. The van der Waals surface area contributed by atoms with Crippen LogP contribution in [0.1, 0.15) is 29.3 Å². The number of imidazole rings is 2. The van der Waals surface area contributed by atoms with Crippen LogP contribution in [-0.4, -0.2) is 37.4 Å². The van der Waals surface area contributed by atoms with Crippen molar-refractivity contribution in [1.82, 2.24) is 24.4 Å². The van der Waals surface area contributed by atoms with Gasteiger partial charge < -0.3 is 14.5 Å². The number of hydrogen-bond donors (Lipinski definition) is 1. The van der Waals surface area contributed by atoms with E-state index in [9.17, 15) is 4.79 Å². The lowest BCUT2D eigenvalue weighted by molar-refractivity contribution is 0.0732. The van der Waals surface area contributed by atoms with E-state index in [1.54, 1.807) is 35.1 Å². The molecule has 3 aromatic rings. The minimum absolute atomic E-state index is 0.147. The molecule has 0 radical (unpaired) electrons. The first-order valence-corrected chi connectivity index (χ1v) is 7.24. The molecule has 3 rings (SSSR count). The second-order valence-electron chi connectivity index (χ2n) is 5.30. The Morgan fingerprint density at radius 3 is 2.91 bits per heavy atom. The Balaban J connectivity index is 1.87. The van der Waals surface area contributed by atoms with Crippen LogP contribution in [0.2, 0.25) is 5.02 Å². The maximum atomic E-state index is 12.4. The molecule has 22 heavy (non-hydrogen) atoms. The van der Waals surface area contributed by atoms with Crippen molar-refractivity contribution in [3.8, 4) is 0 Å². The summed E-state index contributed by atoms with van der Waals surface area (Å²) in [5.41, 5.74) is 2.09. The Morgan fingerprint density at radius 1 is 1.45 bits per heavy atom.